The van der Waals surface area contributed by atoms with Gasteiger partial charge in [0.15, 0.2) is 5.78 Å². The minimum absolute atomic E-state index is 0.0936. The SMILES string of the molecule is Nc1cc(Cl)cc(C(=O)Cc2cccnc2N)c1. The molecular formula is C13H12ClN3O. The van der Waals surface area contributed by atoms with E-state index >= 15 is 0 Å². The molecule has 0 aliphatic heterocycles. The van der Waals surface area contributed by atoms with Crippen molar-refractivity contribution in [2.24, 2.45) is 0 Å². The molecule has 2 aromatic rings. The maximum absolute atomic E-state index is 12.1. The molecule has 0 radical (unpaired) electrons. The van der Waals surface area contributed by atoms with Crippen molar-refractivity contribution in [3.05, 3.63) is 52.7 Å². The van der Waals surface area contributed by atoms with Crippen LogP contribution in [0, 0.1) is 0 Å². The van der Waals surface area contributed by atoms with Crippen LogP contribution in [0.3, 0.4) is 0 Å². The summed E-state index contributed by atoms with van der Waals surface area (Å²) in [5, 5.41) is 0.442. The van der Waals surface area contributed by atoms with E-state index in [0.29, 0.717) is 27.7 Å². The van der Waals surface area contributed by atoms with E-state index in [1.807, 2.05) is 0 Å². The highest BCUT2D eigenvalue weighted by Crippen LogP contribution is 2.19. The first-order chi connectivity index (χ1) is 8.56. The highest BCUT2D eigenvalue weighted by Gasteiger charge is 2.10. The maximum Gasteiger partial charge on any atom is 0.167 e. The average molecular weight is 262 g/mol. The maximum atomic E-state index is 12.1. The van der Waals surface area contributed by atoms with Gasteiger partial charge < -0.3 is 11.5 Å². The number of nitrogens with two attached hydrogens (primary N) is 2. The molecule has 1 aromatic heterocycles. The van der Waals surface area contributed by atoms with Crippen LogP contribution in [-0.4, -0.2) is 10.8 Å². The second-order valence-corrected chi connectivity index (χ2v) is 4.36. The lowest BCUT2D eigenvalue weighted by Crippen LogP contribution is -2.07. The summed E-state index contributed by atoms with van der Waals surface area (Å²) < 4.78 is 0. The van der Waals surface area contributed by atoms with Crippen LogP contribution in [0.5, 0.6) is 0 Å². The lowest BCUT2D eigenvalue weighted by atomic mass is 10.0. The van der Waals surface area contributed by atoms with Crippen molar-refractivity contribution in [1.82, 2.24) is 4.98 Å². The van der Waals surface area contributed by atoms with Gasteiger partial charge in [-0.2, -0.15) is 0 Å². The van der Waals surface area contributed by atoms with Gasteiger partial charge in [0.25, 0.3) is 0 Å². The van der Waals surface area contributed by atoms with Crippen molar-refractivity contribution in [3.8, 4) is 0 Å². The molecule has 0 unspecified atom stereocenters. The molecule has 0 atom stereocenters. The molecule has 4 nitrogen and oxygen atoms in total. The van der Waals surface area contributed by atoms with E-state index in [0.717, 1.165) is 0 Å². The lowest BCUT2D eigenvalue weighted by Gasteiger charge is -2.05. The van der Waals surface area contributed by atoms with Crippen LogP contribution in [0.15, 0.2) is 36.5 Å². The molecule has 0 aliphatic carbocycles. The number of carbonyl (C=O) groups is 1. The summed E-state index contributed by atoms with van der Waals surface area (Å²) >= 11 is 5.86. The van der Waals surface area contributed by atoms with Gasteiger partial charge >= 0.3 is 0 Å². The van der Waals surface area contributed by atoms with Gasteiger partial charge in [-0.3, -0.25) is 4.79 Å². The molecule has 4 N–H and O–H groups in total. The highest BCUT2D eigenvalue weighted by atomic mass is 35.5. The third-order valence-corrected chi connectivity index (χ3v) is 2.74. The van der Waals surface area contributed by atoms with Gasteiger partial charge in [0.05, 0.1) is 0 Å². The Morgan fingerprint density at radius 1 is 1.28 bits per heavy atom. The van der Waals surface area contributed by atoms with E-state index in [1.54, 1.807) is 36.5 Å². The number of nitrogens with zero attached hydrogens (tertiary/aromatic N) is 1. The van der Waals surface area contributed by atoms with E-state index in [4.69, 9.17) is 23.1 Å². The number of anilines is 2. The number of nitrogen functional groups attached to an aromatic ring is 2. The van der Waals surface area contributed by atoms with Crippen LogP contribution in [-0.2, 0) is 6.42 Å². The van der Waals surface area contributed by atoms with Gasteiger partial charge in [0, 0.05) is 34.5 Å². The molecule has 0 bridgehead atoms. The average Bonchev–Trinajstić information content (AvgIpc) is 2.31. The number of hydrogen-bond donors (Lipinski definition) is 2. The fourth-order valence-electron chi connectivity index (χ4n) is 1.65. The van der Waals surface area contributed by atoms with Gasteiger partial charge in [0.1, 0.15) is 5.82 Å². The molecule has 0 saturated carbocycles. The second-order valence-electron chi connectivity index (χ2n) is 3.92. The number of carbonyl (C=O) groups excluding carboxylic acids is 1. The third kappa shape index (κ3) is 2.78. The van der Waals surface area contributed by atoms with E-state index in [-0.39, 0.29) is 12.2 Å². The van der Waals surface area contributed by atoms with Crippen molar-refractivity contribution in [3.63, 3.8) is 0 Å². The van der Waals surface area contributed by atoms with Crippen LogP contribution in [0.25, 0.3) is 0 Å². The smallest absolute Gasteiger partial charge is 0.167 e. The minimum Gasteiger partial charge on any atom is -0.399 e. The number of ketones is 1. The quantitative estimate of drug-likeness (QED) is 0.656. The summed E-state index contributed by atoms with van der Waals surface area (Å²) in [5.74, 6) is 0.268. The molecule has 92 valence electrons. The minimum atomic E-state index is -0.0936. The van der Waals surface area contributed by atoms with Crippen molar-refractivity contribution in [2.45, 2.75) is 6.42 Å². The number of Topliss-reactive ketones (excluding diaryl/α,β-unsaturated/α-hetero) is 1. The zero-order chi connectivity index (χ0) is 13.1. The van der Waals surface area contributed by atoms with E-state index in [1.165, 1.54) is 0 Å². The summed E-state index contributed by atoms with van der Waals surface area (Å²) in [5.41, 5.74) is 13.0. The Kier molecular flexibility index (Phi) is 3.48. The molecule has 2 rings (SSSR count). The predicted octanol–water partition coefficient (Wildman–Crippen LogP) is 2.32. The molecule has 1 aromatic carbocycles. The molecule has 0 spiro atoms. The Labute approximate surface area is 110 Å². The Hall–Kier alpha value is -2.07. The number of halogens is 1. The van der Waals surface area contributed by atoms with Crippen LogP contribution in [0.1, 0.15) is 15.9 Å². The summed E-state index contributed by atoms with van der Waals surface area (Å²) in [4.78, 5) is 16.0. The Morgan fingerprint density at radius 3 is 2.72 bits per heavy atom. The third-order valence-electron chi connectivity index (χ3n) is 2.52. The number of rotatable bonds is 3. The number of aromatic nitrogens is 1. The Bertz CT molecular complexity index is 578. The van der Waals surface area contributed by atoms with Gasteiger partial charge in [-0.15, -0.1) is 0 Å². The van der Waals surface area contributed by atoms with Gasteiger partial charge in [-0.25, -0.2) is 4.98 Å². The largest absolute Gasteiger partial charge is 0.399 e. The Balaban J connectivity index is 2.25. The summed E-state index contributed by atoms with van der Waals surface area (Å²) in [6.45, 7) is 0. The van der Waals surface area contributed by atoms with Crippen molar-refractivity contribution >= 4 is 28.9 Å². The molecular weight excluding hydrogens is 250 g/mol. The van der Waals surface area contributed by atoms with Crippen LogP contribution < -0.4 is 11.5 Å². The normalized spacial score (nSPS) is 10.3. The second kappa shape index (κ2) is 5.06. The van der Waals surface area contributed by atoms with Crippen LogP contribution in [0.4, 0.5) is 11.5 Å². The van der Waals surface area contributed by atoms with Crippen LogP contribution in [0.2, 0.25) is 5.02 Å². The summed E-state index contributed by atoms with van der Waals surface area (Å²) in [6.07, 6.45) is 1.76. The number of benzene rings is 1. The van der Waals surface area contributed by atoms with E-state index in [9.17, 15) is 4.79 Å². The predicted molar refractivity (Wildman–Crippen MR) is 72.5 cm³/mol. The topological polar surface area (TPSA) is 82.0 Å². The van der Waals surface area contributed by atoms with Crippen LogP contribution >= 0.6 is 11.6 Å². The van der Waals surface area contributed by atoms with Gasteiger partial charge in [-0.05, 0) is 24.3 Å². The molecule has 1 heterocycles. The molecule has 0 amide bonds. The summed E-state index contributed by atoms with van der Waals surface area (Å²) in [7, 11) is 0. The monoisotopic (exact) mass is 261 g/mol. The zero-order valence-electron chi connectivity index (χ0n) is 9.56. The van der Waals surface area contributed by atoms with Crippen molar-refractivity contribution in [2.75, 3.05) is 11.5 Å². The first-order valence-electron chi connectivity index (χ1n) is 5.35. The molecule has 5 heteroatoms. The molecule has 18 heavy (non-hydrogen) atoms. The summed E-state index contributed by atoms with van der Waals surface area (Å²) in [6, 6.07) is 8.30. The first-order valence-corrected chi connectivity index (χ1v) is 5.72. The lowest BCUT2D eigenvalue weighted by molar-refractivity contribution is 0.0993. The van der Waals surface area contributed by atoms with Crippen molar-refractivity contribution < 1.29 is 4.79 Å². The molecule has 0 fully saturated rings. The Morgan fingerprint density at radius 2 is 2.06 bits per heavy atom. The zero-order valence-corrected chi connectivity index (χ0v) is 10.3. The fraction of sp³-hybridized carbons (Fsp3) is 0.0769. The van der Waals surface area contributed by atoms with Gasteiger partial charge in [0.2, 0.25) is 0 Å². The van der Waals surface area contributed by atoms with E-state index in [2.05, 4.69) is 4.98 Å². The fourth-order valence-corrected chi connectivity index (χ4v) is 1.89. The number of pyridine rings is 1. The standard InChI is InChI=1S/C13H12ClN3O/c14-10-4-9(5-11(15)7-10)12(18)6-8-2-1-3-17-13(8)16/h1-5,7H,6,15H2,(H2,16,17). The van der Waals surface area contributed by atoms with Gasteiger partial charge in [-0.1, -0.05) is 17.7 Å². The first kappa shape index (κ1) is 12.4. The number of hydrogen-bond acceptors (Lipinski definition) is 4. The molecule has 0 aliphatic rings. The van der Waals surface area contributed by atoms with Crippen molar-refractivity contribution in [1.29, 1.82) is 0 Å². The molecule has 0 saturated heterocycles. The van der Waals surface area contributed by atoms with E-state index < -0.39 is 0 Å². The highest BCUT2D eigenvalue weighted by molar-refractivity contribution is 6.31.